The Kier molecular flexibility index (Phi) is 6.46. The average Bonchev–Trinajstić information content (AvgIpc) is 2.97. The van der Waals surface area contributed by atoms with Crippen LogP contribution in [0.15, 0.2) is 22.5 Å². The smallest absolute Gasteiger partial charge is 0.203 e. The largest absolute Gasteiger partial charge is 0.374 e. The van der Waals surface area contributed by atoms with E-state index in [1.165, 1.54) is 11.3 Å². The van der Waals surface area contributed by atoms with E-state index in [9.17, 15) is 0 Å². The lowest BCUT2D eigenvalue weighted by molar-refractivity contribution is 0.259. The second-order valence-electron chi connectivity index (χ2n) is 5.56. The normalized spacial score (nSPS) is 15.8. The maximum Gasteiger partial charge on any atom is 0.203 e. The maximum atomic E-state index is 6.09. The van der Waals surface area contributed by atoms with E-state index in [0.29, 0.717) is 15.2 Å². The lowest BCUT2D eigenvalue weighted by atomic mass is 10.2. The van der Waals surface area contributed by atoms with Crippen molar-refractivity contribution in [2.24, 2.45) is 0 Å². The molecule has 2 aromatic rings. The standard InChI is InChI=1S/C15H19Cl2N5S2/c16-11-8-12(17)10-13(9-11)22-5-3-21(4-6-22)2-1-7-23-15-20-19-14(18)24-15/h8-10H,1-7H2,(H2,18,19). The van der Waals surface area contributed by atoms with Crippen molar-refractivity contribution in [2.75, 3.05) is 49.1 Å². The SMILES string of the molecule is Nc1nnc(SCCCN2CCN(c3cc(Cl)cc(Cl)c3)CC2)s1. The summed E-state index contributed by atoms with van der Waals surface area (Å²) in [5.74, 6) is 1.04. The fourth-order valence-electron chi connectivity index (χ4n) is 2.68. The molecule has 1 aromatic heterocycles. The van der Waals surface area contributed by atoms with Crippen LogP contribution in [0.4, 0.5) is 10.8 Å². The molecule has 0 radical (unpaired) electrons. The molecule has 0 amide bonds. The van der Waals surface area contributed by atoms with Crippen LogP contribution in [0.2, 0.25) is 10.0 Å². The van der Waals surface area contributed by atoms with E-state index in [-0.39, 0.29) is 0 Å². The Balaban J connectivity index is 1.39. The molecule has 1 aliphatic heterocycles. The molecule has 0 unspecified atom stereocenters. The van der Waals surface area contributed by atoms with Gasteiger partial charge in [0.1, 0.15) is 0 Å². The minimum Gasteiger partial charge on any atom is -0.374 e. The highest BCUT2D eigenvalue weighted by Gasteiger charge is 2.17. The van der Waals surface area contributed by atoms with Crippen LogP contribution < -0.4 is 10.6 Å². The molecular weight excluding hydrogens is 385 g/mol. The summed E-state index contributed by atoms with van der Waals surface area (Å²) >= 11 is 15.4. The predicted molar refractivity (Wildman–Crippen MR) is 105 cm³/mol. The van der Waals surface area contributed by atoms with Crippen LogP contribution in [-0.2, 0) is 0 Å². The van der Waals surface area contributed by atoms with Crippen molar-refractivity contribution in [2.45, 2.75) is 10.8 Å². The van der Waals surface area contributed by atoms with E-state index < -0.39 is 0 Å². The maximum absolute atomic E-state index is 6.09. The van der Waals surface area contributed by atoms with Gasteiger partial charge in [0.05, 0.1) is 0 Å². The molecule has 1 aliphatic rings. The zero-order valence-corrected chi connectivity index (χ0v) is 16.3. The van der Waals surface area contributed by atoms with E-state index in [1.54, 1.807) is 17.8 Å². The number of nitrogens with zero attached hydrogens (tertiary/aromatic N) is 4. The molecule has 130 valence electrons. The summed E-state index contributed by atoms with van der Waals surface area (Å²) in [6.45, 7) is 5.21. The summed E-state index contributed by atoms with van der Waals surface area (Å²) in [7, 11) is 0. The molecule has 0 atom stereocenters. The first-order valence-electron chi connectivity index (χ1n) is 7.75. The number of nitrogens with two attached hydrogens (primary N) is 1. The zero-order valence-electron chi connectivity index (χ0n) is 13.1. The number of hydrogen-bond donors (Lipinski definition) is 1. The van der Waals surface area contributed by atoms with Crippen molar-refractivity contribution in [1.29, 1.82) is 0 Å². The van der Waals surface area contributed by atoms with Crippen LogP contribution in [0.3, 0.4) is 0 Å². The van der Waals surface area contributed by atoms with Crippen LogP contribution in [0.1, 0.15) is 6.42 Å². The Bertz CT molecular complexity index is 653. The predicted octanol–water partition coefficient (Wildman–Crippen LogP) is 3.73. The summed E-state index contributed by atoms with van der Waals surface area (Å²) in [5.41, 5.74) is 6.69. The van der Waals surface area contributed by atoms with Gasteiger partial charge in [0, 0.05) is 47.7 Å². The Morgan fingerprint density at radius 1 is 1.08 bits per heavy atom. The van der Waals surface area contributed by atoms with Crippen molar-refractivity contribution in [1.82, 2.24) is 15.1 Å². The van der Waals surface area contributed by atoms with Crippen LogP contribution in [0.25, 0.3) is 0 Å². The van der Waals surface area contributed by atoms with Crippen molar-refractivity contribution < 1.29 is 0 Å². The van der Waals surface area contributed by atoms with Crippen LogP contribution >= 0.6 is 46.3 Å². The first-order valence-corrected chi connectivity index (χ1v) is 10.3. The summed E-state index contributed by atoms with van der Waals surface area (Å²) in [5, 5.41) is 9.76. The second-order valence-corrected chi connectivity index (χ2v) is 8.79. The van der Waals surface area contributed by atoms with Gasteiger partial charge in [-0.15, -0.1) is 10.2 Å². The number of rotatable bonds is 6. The molecule has 2 N–H and O–H groups in total. The molecule has 0 saturated carbocycles. The average molecular weight is 404 g/mol. The highest BCUT2D eigenvalue weighted by Crippen LogP contribution is 2.27. The van der Waals surface area contributed by atoms with Gasteiger partial charge in [0.2, 0.25) is 5.13 Å². The molecule has 5 nitrogen and oxygen atoms in total. The summed E-state index contributed by atoms with van der Waals surface area (Å²) in [6.07, 6.45) is 1.13. The van der Waals surface area contributed by atoms with Crippen LogP contribution in [0, 0.1) is 0 Å². The van der Waals surface area contributed by atoms with E-state index in [1.807, 2.05) is 12.1 Å². The van der Waals surface area contributed by atoms with Gasteiger partial charge in [-0.1, -0.05) is 46.3 Å². The third-order valence-corrected chi connectivity index (χ3v) is 6.26. The Hall–Kier alpha value is -0.730. The molecule has 0 spiro atoms. The number of thioether (sulfide) groups is 1. The van der Waals surface area contributed by atoms with Crippen LogP contribution in [-0.4, -0.2) is 53.6 Å². The minimum atomic E-state index is 0.537. The van der Waals surface area contributed by atoms with E-state index in [4.69, 9.17) is 28.9 Å². The molecular formula is C15H19Cl2N5S2. The molecule has 24 heavy (non-hydrogen) atoms. The van der Waals surface area contributed by atoms with E-state index in [0.717, 1.165) is 54.9 Å². The highest BCUT2D eigenvalue weighted by atomic mass is 35.5. The van der Waals surface area contributed by atoms with Crippen molar-refractivity contribution in [3.8, 4) is 0 Å². The third-order valence-electron chi connectivity index (χ3n) is 3.85. The van der Waals surface area contributed by atoms with Gasteiger partial charge in [0.15, 0.2) is 4.34 Å². The van der Waals surface area contributed by atoms with Crippen LogP contribution in [0.5, 0.6) is 0 Å². The lowest BCUT2D eigenvalue weighted by Gasteiger charge is -2.36. The number of anilines is 2. The van der Waals surface area contributed by atoms with E-state index in [2.05, 4.69) is 20.0 Å². The quantitative estimate of drug-likeness (QED) is 0.585. The second kappa shape index (κ2) is 8.58. The molecule has 9 heteroatoms. The molecule has 0 aliphatic carbocycles. The van der Waals surface area contributed by atoms with E-state index >= 15 is 0 Å². The van der Waals surface area contributed by atoms with Gasteiger partial charge in [-0.3, -0.25) is 4.90 Å². The van der Waals surface area contributed by atoms with Gasteiger partial charge >= 0.3 is 0 Å². The summed E-state index contributed by atoms with van der Waals surface area (Å²) in [6, 6.07) is 5.73. The Labute approximate surface area is 160 Å². The summed E-state index contributed by atoms with van der Waals surface area (Å²) < 4.78 is 0.954. The van der Waals surface area contributed by atoms with Crippen molar-refractivity contribution in [3.05, 3.63) is 28.2 Å². The number of benzene rings is 1. The molecule has 3 rings (SSSR count). The van der Waals surface area contributed by atoms with Gasteiger partial charge in [-0.25, -0.2) is 0 Å². The molecule has 1 saturated heterocycles. The minimum absolute atomic E-state index is 0.537. The number of hydrogen-bond acceptors (Lipinski definition) is 7. The topological polar surface area (TPSA) is 58.3 Å². The van der Waals surface area contributed by atoms with Gasteiger partial charge in [-0.05, 0) is 31.2 Å². The Morgan fingerprint density at radius 3 is 2.42 bits per heavy atom. The Morgan fingerprint density at radius 2 is 1.79 bits per heavy atom. The first-order chi connectivity index (χ1) is 11.6. The van der Waals surface area contributed by atoms with Gasteiger partial charge in [0.25, 0.3) is 0 Å². The molecule has 2 heterocycles. The monoisotopic (exact) mass is 403 g/mol. The van der Waals surface area contributed by atoms with Crippen molar-refractivity contribution in [3.63, 3.8) is 0 Å². The number of nitrogen functional groups attached to an aromatic ring is 1. The fraction of sp³-hybridized carbons (Fsp3) is 0.467. The number of aromatic nitrogens is 2. The lowest BCUT2D eigenvalue weighted by Crippen LogP contribution is -2.46. The van der Waals surface area contributed by atoms with Gasteiger partial charge in [-0.2, -0.15) is 0 Å². The highest BCUT2D eigenvalue weighted by molar-refractivity contribution is 8.01. The fourth-order valence-corrected chi connectivity index (χ4v) is 4.82. The molecule has 1 aromatic carbocycles. The number of piperazine rings is 1. The molecule has 0 bridgehead atoms. The third kappa shape index (κ3) is 5.13. The van der Waals surface area contributed by atoms with Crippen molar-refractivity contribution >= 4 is 57.1 Å². The number of halogens is 2. The zero-order chi connectivity index (χ0) is 16.9. The molecule has 1 fully saturated rings. The van der Waals surface area contributed by atoms with Gasteiger partial charge < -0.3 is 10.6 Å². The summed E-state index contributed by atoms with van der Waals surface area (Å²) in [4.78, 5) is 4.84. The first kappa shape index (κ1) is 18.1.